The Bertz CT molecular complexity index is 451. The Kier molecular flexibility index (Phi) is 3.90. The highest BCUT2D eigenvalue weighted by Crippen LogP contribution is 2.21. The summed E-state index contributed by atoms with van der Waals surface area (Å²) < 4.78 is 0. The van der Waals surface area contributed by atoms with Gasteiger partial charge in [-0.05, 0) is 38.0 Å². The van der Waals surface area contributed by atoms with E-state index >= 15 is 0 Å². The lowest BCUT2D eigenvalue weighted by molar-refractivity contribution is 0.477. The first-order chi connectivity index (χ1) is 8.63. The van der Waals surface area contributed by atoms with Gasteiger partial charge in [-0.15, -0.1) is 0 Å². The Hall–Kier alpha value is -1.51. The molecule has 3 nitrogen and oxygen atoms in total. The molecule has 1 aromatic rings. The van der Waals surface area contributed by atoms with E-state index in [4.69, 9.17) is 0 Å². The predicted octanol–water partition coefficient (Wildman–Crippen LogP) is 2.47. The highest BCUT2D eigenvalue weighted by Gasteiger charge is 2.17. The van der Waals surface area contributed by atoms with Crippen LogP contribution in [0, 0.1) is 13.8 Å². The fraction of sp³-hybridized carbons (Fsp3) is 0.533. The van der Waals surface area contributed by atoms with Crippen LogP contribution in [0.15, 0.2) is 23.2 Å². The lowest BCUT2D eigenvalue weighted by Gasteiger charge is -2.26. The van der Waals surface area contributed by atoms with Gasteiger partial charge in [-0.25, -0.2) is 0 Å². The van der Waals surface area contributed by atoms with Gasteiger partial charge in [0.1, 0.15) is 5.84 Å². The van der Waals surface area contributed by atoms with E-state index in [9.17, 15) is 0 Å². The lowest BCUT2D eigenvalue weighted by Crippen LogP contribution is -2.36. The number of aryl methyl sites for hydroxylation is 1. The van der Waals surface area contributed by atoms with Gasteiger partial charge in [0.05, 0.1) is 13.1 Å². The number of nitrogens with zero attached hydrogens (tertiary/aromatic N) is 3. The molecule has 1 heterocycles. The van der Waals surface area contributed by atoms with Crippen molar-refractivity contribution in [2.45, 2.75) is 20.8 Å². The number of hydrogen-bond acceptors (Lipinski definition) is 3. The SMILES string of the molecule is CCN1CCN=C1CN(C)c1cccc(C)c1C. The van der Waals surface area contributed by atoms with E-state index in [1.54, 1.807) is 0 Å². The molecule has 0 fully saturated rings. The first-order valence-electron chi connectivity index (χ1n) is 6.69. The number of rotatable bonds is 4. The summed E-state index contributed by atoms with van der Waals surface area (Å²) in [7, 11) is 2.15. The van der Waals surface area contributed by atoms with Gasteiger partial charge >= 0.3 is 0 Å². The summed E-state index contributed by atoms with van der Waals surface area (Å²) in [5, 5.41) is 0. The van der Waals surface area contributed by atoms with Crippen molar-refractivity contribution in [3.05, 3.63) is 29.3 Å². The molecule has 0 N–H and O–H groups in total. The number of anilines is 1. The number of benzene rings is 1. The minimum absolute atomic E-state index is 0.901. The van der Waals surface area contributed by atoms with Crippen LogP contribution in [0.1, 0.15) is 18.1 Å². The van der Waals surface area contributed by atoms with Gasteiger partial charge in [0, 0.05) is 25.8 Å². The largest absolute Gasteiger partial charge is 0.367 e. The fourth-order valence-corrected chi connectivity index (χ4v) is 2.47. The Morgan fingerprint density at radius 1 is 1.33 bits per heavy atom. The van der Waals surface area contributed by atoms with Crippen LogP contribution < -0.4 is 4.90 Å². The van der Waals surface area contributed by atoms with Gasteiger partial charge in [-0.1, -0.05) is 12.1 Å². The third-order valence-electron chi connectivity index (χ3n) is 3.78. The second-order valence-corrected chi connectivity index (χ2v) is 4.95. The molecule has 2 rings (SSSR count). The molecular formula is C15H23N3. The third-order valence-corrected chi connectivity index (χ3v) is 3.78. The van der Waals surface area contributed by atoms with Crippen LogP contribution in [0.25, 0.3) is 0 Å². The van der Waals surface area contributed by atoms with Crippen molar-refractivity contribution in [1.82, 2.24) is 4.90 Å². The van der Waals surface area contributed by atoms with Gasteiger partial charge < -0.3 is 9.80 Å². The van der Waals surface area contributed by atoms with Gasteiger partial charge in [0.15, 0.2) is 0 Å². The summed E-state index contributed by atoms with van der Waals surface area (Å²) in [4.78, 5) is 9.27. The lowest BCUT2D eigenvalue weighted by atomic mass is 10.1. The maximum atomic E-state index is 4.61. The molecule has 3 heteroatoms. The molecular weight excluding hydrogens is 222 g/mol. The van der Waals surface area contributed by atoms with E-state index in [-0.39, 0.29) is 0 Å². The Balaban J connectivity index is 2.12. The molecule has 0 spiro atoms. The Morgan fingerprint density at radius 2 is 2.11 bits per heavy atom. The van der Waals surface area contributed by atoms with E-state index in [1.807, 2.05) is 0 Å². The Morgan fingerprint density at radius 3 is 2.83 bits per heavy atom. The quantitative estimate of drug-likeness (QED) is 0.811. The normalized spacial score (nSPS) is 14.9. The summed E-state index contributed by atoms with van der Waals surface area (Å²) in [5.74, 6) is 1.22. The van der Waals surface area contributed by atoms with E-state index in [0.29, 0.717) is 0 Å². The second kappa shape index (κ2) is 5.42. The summed E-state index contributed by atoms with van der Waals surface area (Å²) in [6, 6.07) is 6.48. The average Bonchev–Trinajstić information content (AvgIpc) is 2.79. The van der Waals surface area contributed by atoms with Crippen LogP contribution in [0.2, 0.25) is 0 Å². The monoisotopic (exact) mass is 245 g/mol. The highest BCUT2D eigenvalue weighted by molar-refractivity contribution is 5.88. The van der Waals surface area contributed by atoms with Crippen molar-refractivity contribution in [3.8, 4) is 0 Å². The molecule has 0 amide bonds. The van der Waals surface area contributed by atoms with Gasteiger partial charge in [0.2, 0.25) is 0 Å². The molecule has 0 saturated heterocycles. The van der Waals surface area contributed by atoms with Crippen molar-refractivity contribution in [2.24, 2.45) is 4.99 Å². The second-order valence-electron chi connectivity index (χ2n) is 4.95. The highest BCUT2D eigenvalue weighted by atomic mass is 15.3. The van der Waals surface area contributed by atoms with Crippen molar-refractivity contribution >= 4 is 11.5 Å². The summed E-state index contributed by atoms with van der Waals surface area (Å²) in [6.45, 7) is 10.5. The average molecular weight is 245 g/mol. The van der Waals surface area contributed by atoms with Crippen molar-refractivity contribution in [3.63, 3.8) is 0 Å². The number of likely N-dealkylation sites (N-methyl/N-ethyl adjacent to an activating group) is 2. The number of hydrogen-bond donors (Lipinski definition) is 0. The van der Waals surface area contributed by atoms with Crippen molar-refractivity contribution < 1.29 is 0 Å². The number of aliphatic imine (C=N–C) groups is 1. The zero-order chi connectivity index (χ0) is 13.1. The van der Waals surface area contributed by atoms with E-state index in [2.05, 4.69) is 60.8 Å². The molecule has 1 aliphatic heterocycles. The van der Waals surface area contributed by atoms with E-state index in [0.717, 1.165) is 26.2 Å². The van der Waals surface area contributed by atoms with Crippen LogP contribution in [-0.4, -0.2) is 44.0 Å². The smallest absolute Gasteiger partial charge is 0.119 e. The summed E-state index contributed by atoms with van der Waals surface area (Å²) >= 11 is 0. The zero-order valence-electron chi connectivity index (χ0n) is 11.9. The fourth-order valence-electron chi connectivity index (χ4n) is 2.47. The van der Waals surface area contributed by atoms with E-state index in [1.165, 1.54) is 22.6 Å². The molecule has 0 atom stereocenters. The maximum absolute atomic E-state index is 4.61. The topological polar surface area (TPSA) is 18.8 Å². The van der Waals surface area contributed by atoms with E-state index < -0.39 is 0 Å². The first kappa shape index (κ1) is 12.9. The molecule has 1 aromatic carbocycles. The molecule has 18 heavy (non-hydrogen) atoms. The molecule has 0 aliphatic carbocycles. The number of amidine groups is 1. The standard InChI is InChI=1S/C15H23N3/c1-5-18-10-9-16-15(18)11-17(4)14-8-6-7-12(2)13(14)3/h6-8H,5,9-11H2,1-4H3. The zero-order valence-corrected chi connectivity index (χ0v) is 11.9. The molecule has 0 bridgehead atoms. The minimum Gasteiger partial charge on any atom is -0.367 e. The van der Waals surface area contributed by atoms with Gasteiger partial charge in [0.25, 0.3) is 0 Å². The molecule has 0 unspecified atom stereocenters. The molecule has 98 valence electrons. The van der Waals surface area contributed by atoms with Crippen LogP contribution in [-0.2, 0) is 0 Å². The van der Waals surface area contributed by atoms with Crippen LogP contribution in [0.3, 0.4) is 0 Å². The van der Waals surface area contributed by atoms with Crippen molar-refractivity contribution in [1.29, 1.82) is 0 Å². The maximum Gasteiger partial charge on any atom is 0.119 e. The van der Waals surface area contributed by atoms with Gasteiger partial charge in [-0.3, -0.25) is 4.99 Å². The summed E-state index contributed by atoms with van der Waals surface area (Å²) in [5.41, 5.74) is 4.02. The molecule has 0 saturated carbocycles. The van der Waals surface area contributed by atoms with Gasteiger partial charge in [-0.2, -0.15) is 0 Å². The molecule has 0 radical (unpaired) electrons. The molecule has 0 aromatic heterocycles. The minimum atomic E-state index is 0.901. The van der Waals surface area contributed by atoms with Crippen LogP contribution in [0.5, 0.6) is 0 Å². The Labute approximate surface area is 110 Å². The van der Waals surface area contributed by atoms with Crippen molar-refractivity contribution in [2.75, 3.05) is 38.1 Å². The third kappa shape index (κ3) is 2.50. The van der Waals surface area contributed by atoms with Crippen LogP contribution in [0.4, 0.5) is 5.69 Å². The molecule has 1 aliphatic rings. The van der Waals surface area contributed by atoms with Crippen LogP contribution >= 0.6 is 0 Å². The first-order valence-corrected chi connectivity index (χ1v) is 6.69. The summed E-state index contributed by atoms with van der Waals surface area (Å²) in [6.07, 6.45) is 0. The predicted molar refractivity (Wildman–Crippen MR) is 78.7 cm³/mol.